The maximum absolute atomic E-state index is 6.40. The van der Waals surface area contributed by atoms with Gasteiger partial charge in [0.15, 0.2) is 0 Å². The van der Waals surface area contributed by atoms with Crippen molar-refractivity contribution in [2.24, 2.45) is 0 Å². The number of hydrogen-bond donors (Lipinski definition) is 0. The minimum absolute atomic E-state index is 0.846. The lowest BCUT2D eigenvalue weighted by atomic mass is 10.0. The van der Waals surface area contributed by atoms with Gasteiger partial charge < -0.3 is 4.74 Å². The van der Waals surface area contributed by atoms with E-state index in [1.807, 2.05) is 47.7 Å². The molecule has 0 fully saturated rings. The standard InChI is InChI=1S/C35H25OS/c1-5-13-28(14-6-1)32-22-26(23-33(36-32)29-15-7-2-8-16-29)21-27-24-34(30-17-9-3-10-18-30)37-35(25-27)31-19-11-4-12-20-31/h1-25H/q+1. The number of rotatable bonds is 5. The first kappa shape index (κ1) is 22.9. The van der Waals surface area contributed by atoms with E-state index >= 15 is 0 Å². The fraction of sp³-hybridized carbons (Fsp3) is 0. The minimum Gasteiger partial charge on any atom is -0.456 e. The monoisotopic (exact) mass is 493 g/mol. The summed E-state index contributed by atoms with van der Waals surface area (Å²) in [5, 5.41) is 0. The Kier molecular flexibility index (Phi) is 6.57. The van der Waals surface area contributed by atoms with Crippen LogP contribution in [0.2, 0.25) is 0 Å². The predicted octanol–water partition coefficient (Wildman–Crippen LogP) is 9.86. The minimum atomic E-state index is 0.846. The first-order valence-electron chi connectivity index (χ1n) is 12.3. The smallest absolute Gasteiger partial charge is 0.135 e. The molecule has 0 N–H and O–H groups in total. The molecule has 37 heavy (non-hydrogen) atoms. The molecule has 2 heterocycles. The van der Waals surface area contributed by atoms with Crippen molar-refractivity contribution in [1.29, 1.82) is 0 Å². The average Bonchev–Trinajstić information content (AvgIpc) is 2.99. The van der Waals surface area contributed by atoms with Crippen LogP contribution in [0.15, 0.2) is 151 Å². The lowest BCUT2D eigenvalue weighted by Crippen LogP contribution is -1.99. The zero-order valence-electron chi connectivity index (χ0n) is 20.3. The van der Waals surface area contributed by atoms with Crippen LogP contribution in [0.1, 0.15) is 16.7 Å². The van der Waals surface area contributed by atoms with Crippen LogP contribution in [0.25, 0.3) is 38.5 Å². The fourth-order valence-corrected chi connectivity index (χ4v) is 5.52. The van der Waals surface area contributed by atoms with Crippen LogP contribution in [0.5, 0.6) is 0 Å². The maximum atomic E-state index is 6.40. The van der Waals surface area contributed by atoms with Gasteiger partial charge in [0.2, 0.25) is 0 Å². The van der Waals surface area contributed by atoms with E-state index in [0.717, 1.165) is 33.8 Å². The quantitative estimate of drug-likeness (QED) is 0.221. The van der Waals surface area contributed by atoms with Gasteiger partial charge in [-0.15, -0.1) is 0 Å². The summed E-state index contributed by atoms with van der Waals surface area (Å²) in [7, 11) is 0. The second-order valence-corrected chi connectivity index (χ2v) is 9.93. The van der Waals surface area contributed by atoms with Gasteiger partial charge >= 0.3 is 0 Å². The van der Waals surface area contributed by atoms with E-state index in [-0.39, 0.29) is 0 Å². The van der Waals surface area contributed by atoms with Gasteiger partial charge in [0.1, 0.15) is 16.4 Å². The first-order chi connectivity index (χ1) is 18.3. The Morgan fingerprint density at radius 2 is 1.05 bits per heavy atom. The lowest BCUT2D eigenvalue weighted by Gasteiger charge is -2.19. The summed E-state index contributed by atoms with van der Waals surface area (Å²) in [4.78, 5) is 2.47. The van der Waals surface area contributed by atoms with Crippen LogP contribution in [0, 0.1) is 0 Å². The van der Waals surface area contributed by atoms with Crippen molar-refractivity contribution in [2.45, 2.75) is 0 Å². The molecule has 0 aliphatic carbocycles. The number of benzene rings is 4. The van der Waals surface area contributed by atoms with Crippen LogP contribution in [-0.2, 0) is 4.74 Å². The highest BCUT2D eigenvalue weighted by atomic mass is 32.1. The number of allylic oxidation sites excluding steroid dienone is 3. The van der Waals surface area contributed by atoms with Gasteiger partial charge in [0.25, 0.3) is 0 Å². The average molecular weight is 494 g/mol. The topological polar surface area (TPSA) is 9.23 Å². The number of ether oxygens (including phenoxy) is 1. The summed E-state index contributed by atoms with van der Waals surface area (Å²) in [5.74, 6) is 1.69. The maximum Gasteiger partial charge on any atom is 0.135 e. The van der Waals surface area contributed by atoms with Gasteiger partial charge in [-0.3, -0.25) is 0 Å². The van der Waals surface area contributed by atoms with E-state index in [1.165, 1.54) is 20.9 Å². The molecule has 0 saturated carbocycles. The fourth-order valence-electron chi connectivity index (χ4n) is 4.38. The molecular formula is C35H25OS+. The highest BCUT2D eigenvalue weighted by Crippen LogP contribution is 2.36. The third kappa shape index (κ3) is 5.35. The van der Waals surface area contributed by atoms with Crippen molar-refractivity contribution in [3.63, 3.8) is 0 Å². The van der Waals surface area contributed by atoms with Crippen molar-refractivity contribution in [3.8, 4) is 20.9 Å². The molecule has 0 saturated heterocycles. The molecule has 0 atom stereocenters. The Morgan fingerprint density at radius 3 is 1.59 bits per heavy atom. The van der Waals surface area contributed by atoms with Crippen molar-refractivity contribution in [2.75, 3.05) is 0 Å². The molecule has 0 amide bonds. The number of hydrogen-bond acceptors (Lipinski definition) is 2. The molecular weight excluding hydrogens is 468 g/mol. The molecule has 0 spiro atoms. The zero-order chi connectivity index (χ0) is 24.9. The Hall–Kier alpha value is -4.53. The van der Waals surface area contributed by atoms with Gasteiger partial charge in [-0.2, -0.15) is 0 Å². The lowest BCUT2D eigenvalue weighted by molar-refractivity contribution is 0.467. The first-order valence-corrected chi connectivity index (χ1v) is 13.2. The van der Waals surface area contributed by atoms with Crippen molar-refractivity contribution in [3.05, 3.63) is 168 Å². The van der Waals surface area contributed by atoms with E-state index in [4.69, 9.17) is 4.74 Å². The van der Waals surface area contributed by atoms with E-state index in [0.29, 0.717) is 0 Å². The van der Waals surface area contributed by atoms with Crippen LogP contribution in [0.4, 0.5) is 0 Å². The van der Waals surface area contributed by atoms with E-state index < -0.39 is 0 Å². The van der Waals surface area contributed by atoms with Gasteiger partial charge in [0, 0.05) is 46.5 Å². The predicted molar refractivity (Wildman–Crippen MR) is 157 cm³/mol. The molecule has 1 aliphatic heterocycles. The third-order valence-corrected chi connectivity index (χ3v) is 7.34. The molecule has 1 aliphatic rings. The molecule has 1 aromatic heterocycles. The molecule has 176 valence electrons. The van der Waals surface area contributed by atoms with Gasteiger partial charge in [-0.05, 0) is 54.1 Å². The molecule has 0 radical (unpaired) electrons. The van der Waals surface area contributed by atoms with Crippen LogP contribution in [-0.4, -0.2) is 0 Å². The Morgan fingerprint density at radius 1 is 0.568 bits per heavy atom. The summed E-state index contributed by atoms with van der Waals surface area (Å²) >= 11 is 1.81. The second kappa shape index (κ2) is 10.6. The van der Waals surface area contributed by atoms with Crippen molar-refractivity contribution >= 4 is 28.9 Å². The van der Waals surface area contributed by atoms with E-state index in [9.17, 15) is 0 Å². The SMILES string of the molecule is C(=C1C=C(c2ccccc2)OC(c2ccccc2)=C1)c1cc(-c2ccccc2)s[c+](-c2ccccc2)c1. The van der Waals surface area contributed by atoms with Crippen LogP contribution in [0.3, 0.4) is 0 Å². The van der Waals surface area contributed by atoms with Crippen molar-refractivity contribution < 1.29 is 4.74 Å². The summed E-state index contributed by atoms with van der Waals surface area (Å²) in [6.07, 6.45) is 6.51. The largest absolute Gasteiger partial charge is 0.456 e. The second-order valence-electron chi connectivity index (χ2n) is 8.85. The van der Waals surface area contributed by atoms with Gasteiger partial charge in [-0.25, -0.2) is 0 Å². The Bertz CT molecular complexity index is 1480. The molecule has 6 rings (SSSR count). The van der Waals surface area contributed by atoms with Crippen molar-refractivity contribution in [1.82, 2.24) is 0 Å². The summed E-state index contributed by atoms with van der Waals surface area (Å²) < 4.78 is 6.40. The summed E-state index contributed by atoms with van der Waals surface area (Å²) in [5.41, 5.74) is 6.80. The molecule has 0 bridgehead atoms. The zero-order valence-corrected chi connectivity index (χ0v) is 21.1. The molecule has 2 heteroatoms. The summed E-state index contributed by atoms with van der Waals surface area (Å²) in [6, 6.07) is 46.3. The van der Waals surface area contributed by atoms with Crippen LogP contribution >= 0.6 is 11.3 Å². The molecule has 1 nitrogen and oxygen atoms in total. The van der Waals surface area contributed by atoms with E-state index in [1.54, 1.807) is 0 Å². The van der Waals surface area contributed by atoms with Gasteiger partial charge in [0.05, 0.1) is 10.4 Å². The van der Waals surface area contributed by atoms with E-state index in [2.05, 4.69) is 115 Å². The highest BCUT2D eigenvalue weighted by Gasteiger charge is 2.17. The van der Waals surface area contributed by atoms with Crippen LogP contribution < -0.4 is 0 Å². The molecule has 0 unspecified atom stereocenters. The van der Waals surface area contributed by atoms with Gasteiger partial charge in [-0.1, -0.05) is 90.2 Å². The normalized spacial score (nSPS) is 12.8. The third-order valence-electron chi connectivity index (χ3n) is 6.20. The Labute approximate surface area is 222 Å². The molecule has 4 aromatic carbocycles. The Balaban J connectivity index is 1.49. The molecule has 5 aromatic rings. The highest BCUT2D eigenvalue weighted by molar-refractivity contribution is 7.18. The summed E-state index contributed by atoms with van der Waals surface area (Å²) in [6.45, 7) is 0.